The Labute approximate surface area is 175 Å². The highest BCUT2D eigenvalue weighted by Crippen LogP contribution is 2.39. The Morgan fingerprint density at radius 2 is 1.94 bits per heavy atom. The third kappa shape index (κ3) is 4.27. The second kappa shape index (κ2) is 7.64. The molecule has 164 valence electrons. The van der Waals surface area contributed by atoms with Gasteiger partial charge in [-0.25, -0.2) is 4.39 Å². The molecule has 3 heterocycles. The van der Waals surface area contributed by atoms with Gasteiger partial charge in [0.2, 0.25) is 0 Å². The largest absolute Gasteiger partial charge is 0.460 e. The summed E-state index contributed by atoms with van der Waals surface area (Å²) in [6, 6.07) is 6.71. The molecule has 9 heteroatoms. The zero-order valence-electron chi connectivity index (χ0n) is 16.8. The van der Waals surface area contributed by atoms with E-state index in [0.717, 1.165) is 6.07 Å². The van der Waals surface area contributed by atoms with Crippen LogP contribution in [0.15, 0.2) is 40.9 Å². The van der Waals surface area contributed by atoms with E-state index < -0.39 is 17.4 Å². The van der Waals surface area contributed by atoms with E-state index in [1.54, 1.807) is 6.07 Å². The van der Waals surface area contributed by atoms with E-state index >= 15 is 0 Å². The first kappa shape index (κ1) is 21.3. The van der Waals surface area contributed by atoms with Gasteiger partial charge in [0.25, 0.3) is 5.91 Å². The molecule has 0 atom stereocenters. The molecule has 0 saturated carbocycles. The Kier molecular flexibility index (Phi) is 5.25. The molecule has 2 N–H and O–H groups in total. The fourth-order valence-electron chi connectivity index (χ4n) is 3.73. The Balaban J connectivity index is 1.66. The van der Waals surface area contributed by atoms with E-state index in [9.17, 15) is 22.4 Å². The van der Waals surface area contributed by atoms with Crippen molar-refractivity contribution in [2.75, 3.05) is 13.1 Å². The first-order valence-electron chi connectivity index (χ1n) is 9.86. The summed E-state index contributed by atoms with van der Waals surface area (Å²) in [5, 5.41) is 0.480. The summed E-state index contributed by atoms with van der Waals surface area (Å²) in [5.41, 5.74) is 3.65. The van der Waals surface area contributed by atoms with E-state index in [4.69, 9.17) is 10.2 Å². The number of alkyl halides is 4. The number of amides is 1. The van der Waals surface area contributed by atoms with Crippen LogP contribution in [0.5, 0.6) is 0 Å². The van der Waals surface area contributed by atoms with E-state index in [0.29, 0.717) is 11.1 Å². The first-order chi connectivity index (χ1) is 14.6. The average Bonchev–Trinajstić information content (AvgIpc) is 3.14. The summed E-state index contributed by atoms with van der Waals surface area (Å²) >= 11 is 0. The van der Waals surface area contributed by atoms with Crippen molar-refractivity contribution >= 4 is 16.9 Å². The highest BCUT2D eigenvalue weighted by molar-refractivity contribution is 5.94. The molecule has 0 radical (unpaired) electrons. The minimum absolute atomic E-state index is 0.0679. The molecule has 4 rings (SSSR count). The van der Waals surface area contributed by atoms with Gasteiger partial charge in [0.05, 0.1) is 23.4 Å². The molecular formula is C22H21F4N3O2. The van der Waals surface area contributed by atoms with Crippen molar-refractivity contribution in [3.63, 3.8) is 0 Å². The third-order valence-corrected chi connectivity index (χ3v) is 5.59. The molecule has 1 fully saturated rings. The number of hydrogen-bond acceptors (Lipinski definition) is 4. The second-order valence-corrected chi connectivity index (χ2v) is 7.99. The number of furan rings is 1. The molecule has 2 aromatic heterocycles. The Bertz CT molecular complexity index is 1110. The highest BCUT2D eigenvalue weighted by Gasteiger charge is 2.35. The second-order valence-electron chi connectivity index (χ2n) is 7.99. The van der Waals surface area contributed by atoms with Crippen LogP contribution in [0.4, 0.5) is 17.6 Å². The van der Waals surface area contributed by atoms with Crippen molar-refractivity contribution in [1.82, 2.24) is 9.88 Å². The van der Waals surface area contributed by atoms with Gasteiger partial charge >= 0.3 is 6.18 Å². The highest BCUT2D eigenvalue weighted by atomic mass is 19.4. The van der Waals surface area contributed by atoms with Gasteiger partial charge in [-0.1, -0.05) is 0 Å². The van der Waals surface area contributed by atoms with Gasteiger partial charge in [-0.3, -0.25) is 9.78 Å². The number of benzene rings is 1. The van der Waals surface area contributed by atoms with E-state index in [2.05, 4.69) is 4.98 Å². The number of aromatic nitrogens is 1. The molecular weight excluding hydrogens is 414 g/mol. The lowest BCUT2D eigenvalue weighted by atomic mass is 9.95. The molecule has 1 aliphatic heterocycles. The van der Waals surface area contributed by atoms with Gasteiger partial charge in [0, 0.05) is 30.2 Å². The fourth-order valence-corrected chi connectivity index (χ4v) is 3.73. The van der Waals surface area contributed by atoms with E-state index in [1.165, 1.54) is 36.2 Å². The van der Waals surface area contributed by atoms with Crippen molar-refractivity contribution in [3.8, 4) is 11.3 Å². The summed E-state index contributed by atoms with van der Waals surface area (Å²) in [4.78, 5) is 18.3. The number of hydrogen-bond donors (Lipinski definition) is 1. The lowest BCUT2D eigenvalue weighted by Gasteiger charge is -2.34. The number of carbonyl (C=O) groups is 1. The van der Waals surface area contributed by atoms with Crippen molar-refractivity contribution in [2.45, 2.75) is 38.2 Å². The van der Waals surface area contributed by atoms with Crippen molar-refractivity contribution < 1.29 is 26.8 Å². The van der Waals surface area contributed by atoms with Gasteiger partial charge in [-0.2, -0.15) is 13.2 Å². The van der Waals surface area contributed by atoms with Crippen LogP contribution in [0.25, 0.3) is 22.2 Å². The molecule has 0 spiro atoms. The number of fused-ring (bicyclic) bond motifs is 1. The predicted molar refractivity (Wildman–Crippen MR) is 107 cm³/mol. The molecule has 5 nitrogen and oxygen atoms in total. The summed E-state index contributed by atoms with van der Waals surface area (Å²) in [5.74, 6) is 0.0588. The number of likely N-dealkylation sites (tertiary alicyclic amines) is 1. The van der Waals surface area contributed by atoms with Gasteiger partial charge in [-0.15, -0.1) is 0 Å². The maximum atomic E-state index is 14.0. The topological polar surface area (TPSA) is 72.4 Å². The van der Waals surface area contributed by atoms with Crippen LogP contribution in [-0.4, -0.2) is 34.5 Å². The van der Waals surface area contributed by atoms with Crippen LogP contribution in [0, 0.1) is 0 Å². The zero-order valence-corrected chi connectivity index (χ0v) is 16.8. The van der Waals surface area contributed by atoms with Gasteiger partial charge in [0.15, 0.2) is 0 Å². The Hall–Kier alpha value is -2.94. The molecule has 1 aliphatic rings. The zero-order chi connectivity index (χ0) is 22.4. The number of piperidine rings is 1. The molecule has 0 unspecified atom stereocenters. The van der Waals surface area contributed by atoms with Crippen molar-refractivity contribution in [2.24, 2.45) is 5.73 Å². The van der Waals surface area contributed by atoms with Crippen LogP contribution in [-0.2, 0) is 12.7 Å². The lowest BCUT2D eigenvalue weighted by Crippen LogP contribution is -2.43. The average molecular weight is 435 g/mol. The monoisotopic (exact) mass is 435 g/mol. The molecule has 3 aromatic rings. The number of rotatable bonds is 3. The maximum absolute atomic E-state index is 14.0. The first-order valence-corrected chi connectivity index (χ1v) is 9.86. The summed E-state index contributed by atoms with van der Waals surface area (Å²) in [6.45, 7) is 2.15. The number of nitrogens with two attached hydrogens (primary N) is 1. The van der Waals surface area contributed by atoms with Gasteiger partial charge in [0.1, 0.15) is 17.0 Å². The number of halogens is 4. The Morgan fingerprint density at radius 3 is 2.52 bits per heavy atom. The smallest absolute Gasteiger partial charge is 0.417 e. The van der Waals surface area contributed by atoms with Crippen molar-refractivity contribution in [1.29, 1.82) is 0 Å². The summed E-state index contributed by atoms with van der Waals surface area (Å²) in [6.07, 6.45) is -2.88. The maximum Gasteiger partial charge on any atom is 0.417 e. The Morgan fingerprint density at radius 1 is 1.23 bits per heavy atom. The summed E-state index contributed by atoms with van der Waals surface area (Å²) in [7, 11) is 0. The predicted octanol–water partition coefficient (Wildman–Crippen LogP) is 4.94. The van der Waals surface area contributed by atoms with Crippen LogP contribution in [0.1, 0.15) is 41.4 Å². The number of carbonyl (C=O) groups excluding carboxylic acids is 1. The minimum atomic E-state index is -4.62. The molecule has 0 aliphatic carbocycles. The molecule has 1 amide bonds. The normalized spacial score (nSPS) is 16.6. The van der Waals surface area contributed by atoms with Crippen LogP contribution >= 0.6 is 0 Å². The molecule has 1 saturated heterocycles. The van der Waals surface area contributed by atoms with Gasteiger partial charge < -0.3 is 15.1 Å². The quantitative estimate of drug-likeness (QED) is 0.592. The minimum Gasteiger partial charge on any atom is -0.460 e. The van der Waals surface area contributed by atoms with Crippen LogP contribution < -0.4 is 5.73 Å². The van der Waals surface area contributed by atoms with E-state index in [1.807, 2.05) is 0 Å². The fraction of sp³-hybridized carbons (Fsp3) is 0.364. The molecule has 0 bridgehead atoms. The third-order valence-electron chi connectivity index (χ3n) is 5.59. The van der Waals surface area contributed by atoms with Crippen molar-refractivity contribution in [3.05, 3.63) is 53.4 Å². The van der Waals surface area contributed by atoms with Crippen LogP contribution in [0.2, 0.25) is 0 Å². The van der Waals surface area contributed by atoms with E-state index in [-0.39, 0.29) is 60.8 Å². The van der Waals surface area contributed by atoms with Gasteiger partial charge in [-0.05, 0) is 50.1 Å². The standard InChI is InChI=1S/C22H21F4N3O2/c1-21(23)4-6-29(7-5-21)20(30)13-2-3-18(28-12-13)16-9-14-8-15(11-27)31-19(14)10-17(16)22(24,25)26/h2-3,8-10,12H,4-7,11,27H2,1H3. The lowest BCUT2D eigenvalue weighted by molar-refractivity contribution is -0.137. The number of pyridine rings is 1. The molecule has 31 heavy (non-hydrogen) atoms. The number of nitrogens with zero attached hydrogens (tertiary/aromatic N) is 2. The SMILES string of the molecule is CC1(F)CCN(C(=O)c2ccc(-c3cc4cc(CN)oc4cc3C(F)(F)F)nc2)CC1. The molecule has 1 aromatic carbocycles. The summed E-state index contributed by atoms with van der Waals surface area (Å²) < 4.78 is 60.4. The van der Waals surface area contributed by atoms with Crippen LogP contribution in [0.3, 0.4) is 0 Å².